The lowest BCUT2D eigenvalue weighted by molar-refractivity contribution is -0.124. The van der Waals surface area contributed by atoms with Gasteiger partial charge in [0.25, 0.3) is 0 Å². The van der Waals surface area contributed by atoms with E-state index in [1.165, 1.54) is 30.4 Å². The van der Waals surface area contributed by atoms with Crippen molar-refractivity contribution in [3.63, 3.8) is 0 Å². The van der Waals surface area contributed by atoms with E-state index in [0.717, 1.165) is 32.1 Å². The molecule has 4 heteroatoms. The molecular weight excluding hydrogens is 308 g/mol. The van der Waals surface area contributed by atoms with Gasteiger partial charge in [0, 0.05) is 12.5 Å². The first-order valence-corrected chi connectivity index (χ1v) is 8.77. The molecule has 2 aliphatic rings. The normalized spacial score (nSPS) is 22.6. The van der Waals surface area contributed by atoms with E-state index in [-0.39, 0.29) is 23.7 Å². The molecule has 128 valence electrons. The second kappa shape index (κ2) is 8.16. The fourth-order valence-electron chi connectivity index (χ4n) is 4.20. The number of halogens is 1. The van der Waals surface area contributed by atoms with Crippen LogP contribution in [0.25, 0.3) is 0 Å². The van der Waals surface area contributed by atoms with Crippen LogP contribution in [0.1, 0.15) is 56.1 Å². The number of carbonyl (C=O) groups is 1. The molecule has 1 atom stereocenters. The van der Waals surface area contributed by atoms with Crippen molar-refractivity contribution in [3.05, 3.63) is 35.4 Å². The van der Waals surface area contributed by atoms with Gasteiger partial charge in [0.1, 0.15) is 0 Å². The second-order valence-corrected chi connectivity index (χ2v) is 7.22. The third-order valence-electron chi connectivity index (χ3n) is 5.59. The molecule has 1 aromatic carbocycles. The summed E-state index contributed by atoms with van der Waals surface area (Å²) in [6.45, 7) is 0.647. The average Bonchev–Trinajstić information content (AvgIpc) is 2.55. The zero-order chi connectivity index (χ0) is 15.4. The van der Waals surface area contributed by atoms with Crippen LogP contribution in [0.2, 0.25) is 0 Å². The zero-order valence-corrected chi connectivity index (χ0v) is 14.7. The lowest BCUT2D eigenvalue weighted by atomic mass is 9.71. The van der Waals surface area contributed by atoms with Gasteiger partial charge in [0.15, 0.2) is 0 Å². The number of fused-ring (bicyclic) bond motifs is 1. The van der Waals surface area contributed by atoms with Gasteiger partial charge in [-0.05, 0) is 55.2 Å². The molecule has 3 N–H and O–H groups in total. The molecule has 1 fully saturated rings. The highest BCUT2D eigenvalue weighted by Crippen LogP contribution is 2.38. The maximum atomic E-state index is 12.5. The minimum absolute atomic E-state index is 0. The van der Waals surface area contributed by atoms with Gasteiger partial charge in [-0.2, -0.15) is 0 Å². The van der Waals surface area contributed by atoms with Crippen molar-refractivity contribution < 1.29 is 4.79 Å². The zero-order valence-electron chi connectivity index (χ0n) is 13.9. The Bertz CT molecular complexity index is 526. The molecule has 3 nitrogen and oxygen atoms in total. The highest BCUT2D eigenvalue weighted by atomic mass is 35.5. The van der Waals surface area contributed by atoms with E-state index in [1.807, 2.05) is 0 Å². The monoisotopic (exact) mass is 336 g/mol. The van der Waals surface area contributed by atoms with Crippen molar-refractivity contribution in [1.29, 1.82) is 0 Å². The van der Waals surface area contributed by atoms with Crippen LogP contribution in [0, 0.1) is 5.41 Å². The predicted molar refractivity (Wildman–Crippen MR) is 96.8 cm³/mol. The maximum absolute atomic E-state index is 12.5. The first kappa shape index (κ1) is 18.3. The molecule has 1 aromatic rings. The SMILES string of the molecule is Cl.NCC1(CC(=O)NC2CCc3ccccc3C2)CCCCC1. The van der Waals surface area contributed by atoms with Gasteiger partial charge in [0.05, 0.1) is 0 Å². The Hall–Kier alpha value is -1.06. The van der Waals surface area contributed by atoms with Gasteiger partial charge in [-0.25, -0.2) is 0 Å². The van der Waals surface area contributed by atoms with E-state index >= 15 is 0 Å². The maximum Gasteiger partial charge on any atom is 0.220 e. The number of nitrogens with one attached hydrogen (secondary N) is 1. The molecule has 1 amide bonds. The highest BCUT2D eigenvalue weighted by molar-refractivity contribution is 5.85. The number of amides is 1. The van der Waals surface area contributed by atoms with Gasteiger partial charge < -0.3 is 11.1 Å². The Morgan fingerprint density at radius 2 is 1.87 bits per heavy atom. The predicted octanol–water partition coefficient (Wildman–Crippen LogP) is 3.38. The van der Waals surface area contributed by atoms with Crippen molar-refractivity contribution in [3.8, 4) is 0 Å². The number of hydrogen-bond donors (Lipinski definition) is 2. The third kappa shape index (κ3) is 4.48. The summed E-state index contributed by atoms with van der Waals surface area (Å²) in [7, 11) is 0. The van der Waals surface area contributed by atoms with Crippen molar-refractivity contribution in [1.82, 2.24) is 5.32 Å². The standard InChI is InChI=1S/C19H28N2O.ClH/c20-14-19(10-4-1-5-11-19)13-18(22)21-17-9-8-15-6-2-3-7-16(15)12-17;/h2-3,6-7,17H,1,4-5,8-14,20H2,(H,21,22);1H. The summed E-state index contributed by atoms with van der Waals surface area (Å²) in [6, 6.07) is 8.88. The largest absolute Gasteiger partial charge is 0.353 e. The number of carbonyl (C=O) groups excluding carboxylic acids is 1. The van der Waals surface area contributed by atoms with Crippen LogP contribution in [-0.4, -0.2) is 18.5 Å². The molecule has 1 unspecified atom stereocenters. The molecule has 23 heavy (non-hydrogen) atoms. The van der Waals surface area contributed by atoms with Crippen molar-refractivity contribution >= 4 is 18.3 Å². The number of rotatable bonds is 4. The van der Waals surface area contributed by atoms with Gasteiger partial charge in [0.2, 0.25) is 5.91 Å². The van der Waals surface area contributed by atoms with Gasteiger partial charge in [-0.1, -0.05) is 43.5 Å². The van der Waals surface area contributed by atoms with E-state index in [0.29, 0.717) is 19.0 Å². The number of benzene rings is 1. The summed E-state index contributed by atoms with van der Waals surface area (Å²) in [5.41, 5.74) is 8.90. The quantitative estimate of drug-likeness (QED) is 0.885. The van der Waals surface area contributed by atoms with Crippen LogP contribution in [0.3, 0.4) is 0 Å². The topological polar surface area (TPSA) is 55.1 Å². The summed E-state index contributed by atoms with van der Waals surface area (Å²) in [6.07, 6.45) is 9.68. The van der Waals surface area contributed by atoms with Crippen LogP contribution in [0.15, 0.2) is 24.3 Å². The minimum Gasteiger partial charge on any atom is -0.353 e. The van der Waals surface area contributed by atoms with Crippen LogP contribution in [-0.2, 0) is 17.6 Å². The minimum atomic E-state index is 0. The van der Waals surface area contributed by atoms with E-state index < -0.39 is 0 Å². The molecule has 0 heterocycles. The third-order valence-corrected chi connectivity index (χ3v) is 5.59. The molecule has 3 rings (SSSR count). The average molecular weight is 337 g/mol. The summed E-state index contributed by atoms with van der Waals surface area (Å²) < 4.78 is 0. The lowest BCUT2D eigenvalue weighted by Gasteiger charge is -2.36. The molecule has 0 radical (unpaired) electrons. The summed E-state index contributed by atoms with van der Waals surface area (Å²) in [4.78, 5) is 12.5. The Morgan fingerprint density at radius 3 is 2.57 bits per heavy atom. The number of hydrogen-bond acceptors (Lipinski definition) is 2. The smallest absolute Gasteiger partial charge is 0.220 e. The Balaban J connectivity index is 0.00000192. The Labute approximate surface area is 145 Å². The number of aryl methyl sites for hydroxylation is 1. The van der Waals surface area contributed by atoms with Crippen LogP contribution in [0.5, 0.6) is 0 Å². The first-order chi connectivity index (χ1) is 10.7. The Kier molecular flexibility index (Phi) is 6.49. The summed E-state index contributed by atoms with van der Waals surface area (Å²) in [5.74, 6) is 0.205. The van der Waals surface area contributed by atoms with E-state index in [4.69, 9.17) is 5.73 Å². The van der Waals surface area contributed by atoms with E-state index in [2.05, 4.69) is 29.6 Å². The molecule has 0 bridgehead atoms. The fourth-order valence-corrected chi connectivity index (χ4v) is 4.20. The fraction of sp³-hybridized carbons (Fsp3) is 0.632. The molecule has 0 aliphatic heterocycles. The van der Waals surface area contributed by atoms with Gasteiger partial charge in [-0.15, -0.1) is 12.4 Å². The van der Waals surface area contributed by atoms with E-state index in [1.54, 1.807) is 0 Å². The second-order valence-electron chi connectivity index (χ2n) is 7.22. The highest BCUT2D eigenvalue weighted by Gasteiger charge is 2.33. The molecule has 0 aromatic heterocycles. The number of nitrogens with two attached hydrogens (primary N) is 1. The van der Waals surface area contributed by atoms with Gasteiger partial charge >= 0.3 is 0 Å². The van der Waals surface area contributed by atoms with Crippen molar-refractivity contribution in [2.24, 2.45) is 11.1 Å². The van der Waals surface area contributed by atoms with Crippen molar-refractivity contribution in [2.45, 2.75) is 63.8 Å². The first-order valence-electron chi connectivity index (χ1n) is 8.77. The summed E-state index contributed by atoms with van der Waals surface area (Å²) >= 11 is 0. The van der Waals surface area contributed by atoms with E-state index in [9.17, 15) is 4.79 Å². The molecule has 0 spiro atoms. The van der Waals surface area contributed by atoms with Gasteiger partial charge in [-0.3, -0.25) is 4.79 Å². The molecule has 1 saturated carbocycles. The molecule has 0 saturated heterocycles. The molecule has 2 aliphatic carbocycles. The van der Waals surface area contributed by atoms with Crippen LogP contribution in [0.4, 0.5) is 0 Å². The lowest BCUT2D eigenvalue weighted by Crippen LogP contribution is -2.43. The Morgan fingerprint density at radius 1 is 1.17 bits per heavy atom. The van der Waals surface area contributed by atoms with Crippen LogP contribution >= 0.6 is 12.4 Å². The summed E-state index contributed by atoms with van der Waals surface area (Å²) in [5, 5.41) is 3.27. The molecular formula is C19H29ClN2O. The van der Waals surface area contributed by atoms with Crippen LogP contribution < -0.4 is 11.1 Å². The van der Waals surface area contributed by atoms with Crippen molar-refractivity contribution in [2.75, 3.05) is 6.54 Å².